The van der Waals surface area contributed by atoms with E-state index in [1.54, 1.807) is 0 Å². The summed E-state index contributed by atoms with van der Waals surface area (Å²) in [6, 6.07) is 0. The molecule has 0 bridgehead atoms. The second-order valence-corrected chi connectivity index (χ2v) is 1.45. The summed E-state index contributed by atoms with van der Waals surface area (Å²) in [5, 5.41) is 14.8. The molecule has 0 aromatic rings. The van der Waals surface area contributed by atoms with E-state index < -0.39 is 15.5 Å². The quantitative estimate of drug-likeness (QED) is 0.162. The molecule has 0 aromatic heterocycles. The first-order valence-electron chi connectivity index (χ1n) is 1.21. The van der Waals surface area contributed by atoms with Gasteiger partial charge in [-0.3, -0.25) is 8.42 Å². The van der Waals surface area contributed by atoms with Crippen molar-refractivity contribution in [3.05, 3.63) is 15.3 Å². The van der Waals surface area contributed by atoms with Gasteiger partial charge in [0.05, 0.1) is 5.09 Å². The second kappa shape index (κ2) is 10.8. The van der Waals surface area contributed by atoms with Crippen LogP contribution in [0.5, 0.6) is 0 Å². The molecule has 0 atom stereocenters. The average molecular weight is 262 g/mol. The molecule has 8 nitrogen and oxygen atoms in total. The summed E-state index contributed by atoms with van der Waals surface area (Å²) in [5.74, 6) is 0. The molecule has 0 amide bonds. The summed E-state index contributed by atoms with van der Waals surface area (Å²) >= 11 is 0. The Morgan fingerprint density at radius 1 is 1.09 bits per heavy atom. The molecule has 1 radical (unpaired) electrons. The molecule has 0 unspecified atom stereocenters. The minimum absolute atomic E-state index is 0. The van der Waals surface area contributed by atoms with Crippen LogP contribution in [-0.2, 0) is 27.5 Å². The van der Waals surface area contributed by atoms with Gasteiger partial charge in [-0.15, -0.1) is 0 Å². The monoisotopic (exact) mass is 261 g/mol. The summed E-state index contributed by atoms with van der Waals surface area (Å²) in [6.07, 6.45) is 0. The van der Waals surface area contributed by atoms with Gasteiger partial charge in [0, 0.05) is 10.4 Å². The van der Waals surface area contributed by atoms with Crippen molar-refractivity contribution in [2.75, 3.05) is 0 Å². The Balaban J connectivity index is -0.0000000383. The number of nitrogens with zero attached hydrogens (tertiary/aromatic N) is 1. The molecule has 65 valence electrons. The van der Waals surface area contributed by atoms with Crippen molar-refractivity contribution in [1.29, 1.82) is 0 Å². The van der Waals surface area contributed by atoms with Crippen LogP contribution in [0.1, 0.15) is 0 Å². The van der Waals surface area contributed by atoms with Gasteiger partial charge in [-0.25, -0.2) is 0 Å². The molecule has 11 heavy (non-hydrogen) atoms. The van der Waals surface area contributed by atoms with E-state index in [0.29, 0.717) is 0 Å². The second-order valence-electron chi connectivity index (χ2n) is 0.632. The summed E-state index contributed by atoms with van der Waals surface area (Å²) in [4.78, 5) is 8.25. The van der Waals surface area contributed by atoms with Crippen LogP contribution >= 0.6 is 0 Å². The van der Waals surface area contributed by atoms with Gasteiger partial charge < -0.3 is 24.4 Å². The molecule has 0 aromatic carbocycles. The van der Waals surface area contributed by atoms with Crippen molar-refractivity contribution < 1.29 is 39.7 Å². The largest absolute Gasteiger partial charge is 2.00 e. The third kappa shape index (κ3) is 1180. The Bertz CT molecular complexity index is 161. The average Bonchev–Trinajstić information content (AvgIpc) is 1.19. The molecule has 0 saturated carbocycles. The fourth-order valence-corrected chi connectivity index (χ4v) is 0. The van der Waals surface area contributed by atoms with E-state index in [9.17, 15) is 0 Å². The first-order valence-corrected chi connectivity index (χ1v) is 2.55. The first kappa shape index (κ1) is 22.6. The van der Waals surface area contributed by atoms with Gasteiger partial charge in [0.2, 0.25) is 0 Å². The van der Waals surface area contributed by atoms with Crippen LogP contribution in [0.3, 0.4) is 0 Å². The molecule has 0 N–H and O–H groups in total. The smallest absolute Gasteiger partial charge is 0.759 e. The van der Waals surface area contributed by atoms with E-state index in [1.165, 1.54) is 0 Å². The summed E-state index contributed by atoms with van der Waals surface area (Å²) in [6.45, 7) is 0. The van der Waals surface area contributed by atoms with Crippen LogP contribution in [0.25, 0.3) is 0 Å². The molecule has 0 aliphatic heterocycles. The van der Waals surface area contributed by atoms with E-state index >= 15 is 0 Å². The third-order valence-electron chi connectivity index (χ3n) is 0. The minimum atomic E-state index is -5.17. The van der Waals surface area contributed by atoms with Crippen LogP contribution in [0, 0.1) is 15.3 Å². The molecule has 0 heterocycles. The maximum Gasteiger partial charge on any atom is 2.00 e. The van der Waals surface area contributed by atoms with Gasteiger partial charge in [-0.05, 0) is 0 Å². The molecule has 0 saturated heterocycles. The Morgan fingerprint density at radius 3 is 1.09 bits per heavy atom. The summed E-state index contributed by atoms with van der Waals surface area (Å²) in [5.41, 5.74) is 0. The molecule has 0 aliphatic carbocycles. The van der Waals surface area contributed by atoms with Gasteiger partial charge in [0.25, 0.3) is 0 Å². The summed E-state index contributed by atoms with van der Waals surface area (Å²) in [7, 11) is -5.17. The zero-order valence-corrected chi connectivity index (χ0v) is 8.69. The fraction of sp³-hybridized carbons (Fsp3) is 0. The van der Waals surface area contributed by atoms with Crippen molar-refractivity contribution in [1.82, 2.24) is 0 Å². The Hall–Kier alpha value is 0.849. The Morgan fingerprint density at radius 2 is 1.09 bits per heavy atom. The Labute approximate surface area is 102 Å². The predicted octanol–water partition coefficient (Wildman–Crippen LogP) is -1.96. The SMILES string of the molecule is O=S(=O)([O-])[O-].O=[N+]([O-])[O-].[Ca+2].[Cu+2]. The normalized spacial score (nSPS) is 7.45. The van der Waals surface area contributed by atoms with Gasteiger partial charge in [0.15, 0.2) is 0 Å². The van der Waals surface area contributed by atoms with E-state index in [4.69, 9.17) is 32.8 Å². The summed E-state index contributed by atoms with van der Waals surface area (Å²) < 4.78 is 34.1. The van der Waals surface area contributed by atoms with Crippen molar-refractivity contribution >= 4 is 48.1 Å². The standard InChI is InChI=1S/Ca.Cu.NO3.H2O4S/c;;2-1(3)4;1-5(2,3)4/h;;;(H2,1,2,3,4)/q2*+2;-1;/p-2. The molecule has 0 rings (SSSR count). The molecule has 0 fully saturated rings. The number of hydrogen-bond donors (Lipinski definition) is 0. The molecular formula is CaCuNO7S+. The van der Waals surface area contributed by atoms with Crippen molar-refractivity contribution in [3.63, 3.8) is 0 Å². The van der Waals surface area contributed by atoms with Gasteiger partial charge in [0.1, 0.15) is 0 Å². The van der Waals surface area contributed by atoms with Crippen molar-refractivity contribution in [3.8, 4) is 0 Å². The van der Waals surface area contributed by atoms with Crippen LogP contribution in [0.4, 0.5) is 0 Å². The molecular weight excluding hydrogens is 262 g/mol. The van der Waals surface area contributed by atoms with Gasteiger partial charge >= 0.3 is 54.8 Å². The molecule has 0 spiro atoms. The Kier molecular flexibility index (Phi) is 22.3. The van der Waals surface area contributed by atoms with Gasteiger partial charge in [-0.2, -0.15) is 0 Å². The third-order valence-corrected chi connectivity index (χ3v) is 0. The van der Waals surface area contributed by atoms with Gasteiger partial charge in [-0.1, -0.05) is 0 Å². The van der Waals surface area contributed by atoms with Crippen LogP contribution in [0.15, 0.2) is 0 Å². The van der Waals surface area contributed by atoms with E-state index in [2.05, 4.69) is 0 Å². The first-order chi connectivity index (χ1) is 3.73. The van der Waals surface area contributed by atoms with Crippen LogP contribution in [0.2, 0.25) is 0 Å². The molecule has 11 heteroatoms. The maximum atomic E-state index is 8.52. The molecule has 0 aliphatic rings. The number of rotatable bonds is 0. The van der Waals surface area contributed by atoms with Crippen molar-refractivity contribution in [2.24, 2.45) is 0 Å². The van der Waals surface area contributed by atoms with Crippen LogP contribution in [-0.4, -0.2) is 60.3 Å². The topological polar surface area (TPSA) is 146 Å². The van der Waals surface area contributed by atoms with Crippen molar-refractivity contribution in [2.45, 2.75) is 0 Å². The zero-order valence-electron chi connectivity index (χ0n) is 4.72. The van der Waals surface area contributed by atoms with E-state index in [1.807, 2.05) is 0 Å². The fourth-order valence-electron chi connectivity index (χ4n) is 0. The predicted molar refractivity (Wildman–Crippen MR) is 26.6 cm³/mol. The van der Waals surface area contributed by atoms with E-state index in [0.717, 1.165) is 0 Å². The minimum Gasteiger partial charge on any atom is -0.759 e. The van der Waals surface area contributed by atoms with Crippen LogP contribution < -0.4 is 0 Å². The number of hydrogen-bond acceptors (Lipinski definition) is 7. The maximum absolute atomic E-state index is 8.52. The zero-order chi connectivity index (χ0) is 8.08. The van der Waals surface area contributed by atoms with E-state index in [-0.39, 0.29) is 54.8 Å².